The number of H-pyrrole nitrogens is 2. The number of benzene rings is 3. The third kappa shape index (κ3) is 8.94. The number of fused-ring (bicyclic) bond motifs is 1. The van der Waals surface area contributed by atoms with Crippen LogP contribution in [0.3, 0.4) is 0 Å². The van der Waals surface area contributed by atoms with Gasteiger partial charge in [-0.1, -0.05) is 61.4 Å². The summed E-state index contributed by atoms with van der Waals surface area (Å²) in [4.78, 5) is 69.7. The predicted molar refractivity (Wildman–Crippen MR) is 228 cm³/mol. The van der Waals surface area contributed by atoms with Gasteiger partial charge >= 0.3 is 18.2 Å². The number of aromatic amines is 2. The molecule has 0 unspecified atom stereocenters. The van der Waals surface area contributed by atoms with Crippen molar-refractivity contribution < 1.29 is 28.7 Å². The fraction of sp³-hybridized carbons (Fsp3) is 0.422. The van der Waals surface area contributed by atoms with Gasteiger partial charge < -0.3 is 24.3 Å². The maximum Gasteiger partial charge on any atom is 0.425 e. The third-order valence-electron chi connectivity index (χ3n) is 11.6. The van der Waals surface area contributed by atoms with E-state index in [2.05, 4.69) is 81.5 Å². The topological polar surface area (TPSA) is 178 Å². The van der Waals surface area contributed by atoms with Crippen LogP contribution in [0.1, 0.15) is 96.2 Å². The van der Waals surface area contributed by atoms with Gasteiger partial charge in [0.2, 0.25) is 5.91 Å². The van der Waals surface area contributed by atoms with Crippen molar-refractivity contribution in [2.75, 3.05) is 20.8 Å². The van der Waals surface area contributed by atoms with Crippen LogP contribution in [0.15, 0.2) is 73.1 Å². The van der Waals surface area contributed by atoms with E-state index in [0.717, 1.165) is 95.2 Å². The quantitative estimate of drug-likeness (QED) is 0.112. The first-order valence-electron chi connectivity index (χ1n) is 20.8. The largest absolute Gasteiger partial charge is 0.452 e. The maximum atomic E-state index is 13.7. The summed E-state index contributed by atoms with van der Waals surface area (Å²) in [7, 11) is 2.55. The van der Waals surface area contributed by atoms with Gasteiger partial charge in [-0.3, -0.25) is 4.79 Å². The second-order valence-corrected chi connectivity index (χ2v) is 16.2. The number of aromatic nitrogens is 4. The van der Waals surface area contributed by atoms with E-state index >= 15 is 0 Å². The van der Waals surface area contributed by atoms with Crippen LogP contribution in [0.4, 0.5) is 14.4 Å². The Morgan fingerprint density at radius 3 is 1.87 bits per heavy atom. The molecule has 0 spiro atoms. The van der Waals surface area contributed by atoms with Crippen molar-refractivity contribution in [1.29, 1.82) is 0 Å². The van der Waals surface area contributed by atoms with Gasteiger partial charge in [0.15, 0.2) is 0 Å². The molecule has 5 amide bonds. The van der Waals surface area contributed by atoms with Crippen LogP contribution in [0.25, 0.3) is 44.4 Å². The number of hydrazine groups is 2. The number of piperidine rings is 1. The first-order valence-corrected chi connectivity index (χ1v) is 20.8. The van der Waals surface area contributed by atoms with Gasteiger partial charge in [-0.2, -0.15) is 0 Å². The molecule has 316 valence electrons. The molecule has 4 N–H and O–H groups in total. The lowest BCUT2D eigenvalue weighted by Gasteiger charge is -2.39. The molecule has 1 saturated carbocycles. The SMILES string of the molecule is COC(=O)NN(C(=O)[C@@H]1CCCC[C@@H]1c1ncc(-c2ccc3cc(-c4ccc(-c5cnc([C@@H]6CCCCN6C(=O)N(NC(=O)OC)C(C)C)[nH]5)cc4)ccc3c2)[nH]1)C(C)C. The van der Waals surface area contributed by atoms with Gasteiger partial charge in [0.1, 0.15) is 11.6 Å². The lowest BCUT2D eigenvalue weighted by Crippen LogP contribution is -2.56. The molecule has 0 radical (unpaired) electrons. The van der Waals surface area contributed by atoms with Crippen molar-refractivity contribution in [2.45, 2.75) is 96.7 Å². The Morgan fingerprint density at radius 2 is 1.20 bits per heavy atom. The molecule has 1 aliphatic heterocycles. The highest BCUT2D eigenvalue weighted by Crippen LogP contribution is 2.39. The standard InChI is InChI=1S/C45H55N9O6/c1-27(2)53(50-43(56)59-5)42(55)36-12-8-7-11-35(36)40-46-26-38(48-40)34-21-20-32-23-31(18-19-33(32)24-34)29-14-16-30(17-15-29)37-25-47-41(49-37)39-13-9-10-22-52(39)45(58)54(28(3)4)51-44(57)60-6/h14-21,23-28,35-36,39H,7-13,22H2,1-6H3,(H,46,48)(H,47,49)(H,50,56)(H,51,57)/t35-,36+,39-/m0/s1. The fourth-order valence-corrected chi connectivity index (χ4v) is 8.40. The van der Waals surface area contributed by atoms with Crippen molar-refractivity contribution in [3.05, 3.63) is 84.7 Å². The van der Waals surface area contributed by atoms with Crippen molar-refractivity contribution in [2.24, 2.45) is 5.92 Å². The predicted octanol–water partition coefficient (Wildman–Crippen LogP) is 8.70. The highest BCUT2D eigenvalue weighted by molar-refractivity contribution is 5.91. The number of imidazole rings is 2. The van der Waals surface area contributed by atoms with Gasteiger partial charge in [-0.25, -0.2) is 45.2 Å². The summed E-state index contributed by atoms with van der Waals surface area (Å²) < 4.78 is 9.52. The molecule has 3 atom stereocenters. The van der Waals surface area contributed by atoms with Crippen molar-refractivity contribution >= 4 is 34.9 Å². The summed E-state index contributed by atoms with van der Waals surface area (Å²) in [5.74, 6) is 0.947. The third-order valence-corrected chi connectivity index (χ3v) is 11.6. The lowest BCUT2D eigenvalue weighted by atomic mass is 9.78. The van der Waals surface area contributed by atoms with Crippen molar-refractivity contribution in [3.63, 3.8) is 0 Å². The number of hydrogen-bond donors (Lipinski definition) is 4. The summed E-state index contributed by atoms with van der Waals surface area (Å²) in [5.41, 5.74) is 11.0. The van der Waals surface area contributed by atoms with Crippen LogP contribution in [-0.4, -0.2) is 91.8 Å². The summed E-state index contributed by atoms with van der Waals surface area (Å²) >= 11 is 0. The minimum Gasteiger partial charge on any atom is -0.452 e. The summed E-state index contributed by atoms with van der Waals surface area (Å²) in [5, 5.41) is 4.89. The Labute approximate surface area is 350 Å². The highest BCUT2D eigenvalue weighted by Gasteiger charge is 2.38. The Kier molecular flexibility index (Phi) is 12.7. The smallest absolute Gasteiger partial charge is 0.425 e. The zero-order valence-electron chi connectivity index (χ0n) is 35.2. The molecule has 7 rings (SSSR count). The number of likely N-dealkylation sites (tertiary alicyclic amines) is 1. The molecule has 60 heavy (non-hydrogen) atoms. The molecule has 3 aromatic carbocycles. The number of hydrogen-bond acceptors (Lipinski definition) is 8. The summed E-state index contributed by atoms with van der Waals surface area (Å²) in [6.07, 6.45) is 8.36. The van der Waals surface area contributed by atoms with E-state index in [4.69, 9.17) is 19.4 Å². The maximum absolute atomic E-state index is 13.7. The van der Waals surface area contributed by atoms with E-state index < -0.39 is 12.2 Å². The molecule has 2 aromatic heterocycles. The number of carbonyl (C=O) groups excluding carboxylic acids is 4. The molecule has 1 aliphatic carbocycles. The van der Waals surface area contributed by atoms with Gasteiger partial charge in [0.05, 0.1) is 44.0 Å². The van der Waals surface area contributed by atoms with E-state index in [1.54, 1.807) is 4.90 Å². The zero-order chi connectivity index (χ0) is 42.5. The molecule has 5 aromatic rings. The van der Waals surface area contributed by atoms with Crippen LogP contribution in [0, 0.1) is 5.92 Å². The van der Waals surface area contributed by atoms with Crippen molar-refractivity contribution in [3.8, 4) is 33.6 Å². The van der Waals surface area contributed by atoms with Gasteiger partial charge in [-0.05, 0) is 99.4 Å². The number of urea groups is 1. The van der Waals surface area contributed by atoms with E-state index in [1.807, 2.05) is 40.1 Å². The average Bonchev–Trinajstić information content (AvgIpc) is 3.98. The Balaban J connectivity index is 1.04. The average molecular weight is 818 g/mol. The van der Waals surface area contributed by atoms with E-state index in [9.17, 15) is 19.2 Å². The van der Waals surface area contributed by atoms with Crippen LogP contribution in [0.5, 0.6) is 0 Å². The van der Waals surface area contributed by atoms with Crippen LogP contribution < -0.4 is 10.9 Å². The number of nitrogens with one attached hydrogen (secondary N) is 4. The zero-order valence-corrected chi connectivity index (χ0v) is 35.2. The first kappa shape index (κ1) is 41.8. The second-order valence-electron chi connectivity index (χ2n) is 16.2. The molecule has 0 bridgehead atoms. The number of methoxy groups -OCH3 is 2. The number of carbonyl (C=O) groups is 4. The van der Waals surface area contributed by atoms with Gasteiger partial charge in [0.25, 0.3) is 0 Å². The van der Waals surface area contributed by atoms with E-state index in [0.29, 0.717) is 12.4 Å². The number of nitrogens with zero attached hydrogens (tertiary/aromatic N) is 5. The summed E-state index contributed by atoms with van der Waals surface area (Å²) in [6, 6.07) is 20.1. The monoisotopic (exact) mass is 817 g/mol. The Morgan fingerprint density at radius 1 is 0.667 bits per heavy atom. The molecular weight excluding hydrogens is 763 g/mol. The Bertz CT molecular complexity index is 2320. The minimum absolute atomic E-state index is 0.0949. The second kappa shape index (κ2) is 18.3. The van der Waals surface area contributed by atoms with Crippen LogP contribution >= 0.6 is 0 Å². The lowest BCUT2D eigenvalue weighted by molar-refractivity contribution is -0.142. The first-order chi connectivity index (χ1) is 28.9. The number of rotatable bonds is 8. The summed E-state index contributed by atoms with van der Waals surface area (Å²) in [6.45, 7) is 7.96. The molecule has 15 heteroatoms. The molecule has 2 aliphatic rings. The molecule has 2 fully saturated rings. The molecule has 15 nitrogen and oxygen atoms in total. The minimum atomic E-state index is -0.694. The van der Waals surface area contributed by atoms with Crippen LogP contribution in [-0.2, 0) is 14.3 Å². The van der Waals surface area contributed by atoms with Gasteiger partial charge in [-0.15, -0.1) is 0 Å². The molecular formula is C45H55N9O6. The molecule has 1 saturated heterocycles. The molecule has 3 heterocycles. The van der Waals surface area contributed by atoms with Gasteiger partial charge in [0, 0.05) is 36.0 Å². The van der Waals surface area contributed by atoms with Crippen LogP contribution in [0.2, 0.25) is 0 Å². The fourth-order valence-electron chi connectivity index (χ4n) is 8.40. The number of amides is 5. The Hall–Kier alpha value is -6.38. The normalized spacial score (nSPS) is 18.0. The van der Waals surface area contributed by atoms with E-state index in [1.165, 1.54) is 24.2 Å². The van der Waals surface area contributed by atoms with Crippen molar-refractivity contribution in [1.82, 2.24) is 45.7 Å². The number of ether oxygens (including phenoxy) is 2. The highest BCUT2D eigenvalue weighted by atomic mass is 16.5. The van der Waals surface area contributed by atoms with E-state index in [-0.39, 0.29) is 41.9 Å².